The number of allylic oxidation sites excluding steroid dienone is 3. The first-order valence-electron chi connectivity index (χ1n) is 11.1. The third kappa shape index (κ3) is 4.77. The predicted molar refractivity (Wildman–Crippen MR) is 115 cm³/mol. The van der Waals surface area contributed by atoms with Crippen LogP contribution in [0.2, 0.25) is 0 Å². The summed E-state index contributed by atoms with van der Waals surface area (Å²) in [5.74, 6) is -2.01. The highest BCUT2D eigenvalue weighted by Gasteiger charge is 2.48. The van der Waals surface area contributed by atoms with Crippen LogP contribution in [0.5, 0.6) is 0 Å². The Morgan fingerprint density at radius 3 is 2.33 bits per heavy atom. The van der Waals surface area contributed by atoms with Crippen molar-refractivity contribution in [2.24, 2.45) is 0 Å². The van der Waals surface area contributed by atoms with Crippen molar-refractivity contribution in [2.45, 2.75) is 64.1 Å². The Bertz CT molecular complexity index is 1030. The first-order chi connectivity index (χ1) is 15.6. The fraction of sp³-hybridized carbons (Fsp3) is 0.522. The molecule has 2 fully saturated rings. The molecule has 0 radical (unpaired) electrons. The van der Waals surface area contributed by atoms with E-state index in [9.17, 15) is 22.5 Å². The zero-order valence-electron chi connectivity index (χ0n) is 18.5. The second-order valence-electron chi connectivity index (χ2n) is 8.52. The van der Waals surface area contributed by atoms with Crippen LogP contribution in [-0.4, -0.2) is 25.3 Å². The van der Waals surface area contributed by atoms with Crippen LogP contribution in [-0.2, 0) is 29.3 Å². The average molecular weight is 485 g/mol. The van der Waals surface area contributed by atoms with Gasteiger partial charge in [0.05, 0.1) is 35.6 Å². The van der Waals surface area contributed by atoms with E-state index in [1.807, 2.05) is 0 Å². The largest absolute Gasteiger partial charge is 0.459 e. The number of halogens is 3. The minimum atomic E-state index is -4.68. The minimum absolute atomic E-state index is 0.00722. The van der Waals surface area contributed by atoms with Crippen molar-refractivity contribution in [3.63, 3.8) is 0 Å². The molecule has 180 valence electrons. The normalized spacial score (nSPS) is 24.1. The summed E-state index contributed by atoms with van der Waals surface area (Å²) in [7, 11) is -3.97. The number of rotatable bonds is 4. The number of carbonyl (C=O) groups excluding carboxylic acids is 1. The Kier molecular flexibility index (Phi) is 6.76. The van der Waals surface area contributed by atoms with Crippen LogP contribution in [0.3, 0.4) is 0 Å². The van der Waals surface area contributed by atoms with E-state index in [4.69, 9.17) is 13.8 Å². The van der Waals surface area contributed by atoms with Gasteiger partial charge in [-0.15, -0.1) is 0 Å². The van der Waals surface area contributed by atoms with Gasteiger partial charge in [0.1, 0.15) is 6.10 Å². The van der Waals surface area contributed by atoms with Gasteiger partial charge in [0.15, 0.2) is 0 Å². The highest BCUT2D eigenvalue weighted by Crippen LogP contribution is 2.65. The lowest BCUT2D eigenvalue weighted by Gasteiger charge is -2.36. The van der Waals surface area contributed by atoms with Gasteiger partial charge in [0, 0.05) is 11.4 Å². The summed E-state index contributed by atoms with van der Waals surface area (Å²) >= 11 is 0. The van der Waals surface area contributed by atoms with E-state index < -0.39 is 31.2 Å². The van der Waals surface area contributed by atoms with E-state index in [0.717, 1.165) is 18.9 Å². The molecule has 4 rings (SSSR count). The second-order valence-corrected chi connectivity index (χ2v) is 10.5. The first kappa shape index (κ1) is 24.0. The van der Waals surface area contributed by atoms with Crippen LogP contribution in [0.15, 0.2) is 46.5 Å². The van der Waals surface area contributed by atoms with Crippen LogP contribution in [0.4, 0.5) is 13.2 Å². The maximum Gasteiger partial charge on any atom is 0.416 e. The van der Waals surface area contributed by atoms with E-state index in [0.29, 0.717) is 30.7 Å². The van der Waals surface area contributed by atoms with E-state index in [-0.39, 0.29) is 35.8 Å². The average Bonchev–Trinajstić information content (AvgIpc) is 3.25. The van der Waals surface area contributed by atoms with Crippen LogP contribution < -0.4 is 5.32 Å². The maximum absolute atomic E-state index is 14.0. The Morgan fingerprint density at radius 2 is 1.70 bits per heavy atom. The Hall–Kier alpha value is -2.09. The molecular weight excluding hydrogens is 458 g/mol. The number of hydrogen-bond acceptors (Lipinski definition) is 6. The highest BCUT2D eigenvalue weighted by molar-refractivity contribution is 7.58. The molecule has 33 heavy (non-hydrogen) atoms. The molecule has 1 aliphatic carbocycles. The van der Waals surface area contributed by atoms with Gasteiger partial charge in [0.25, 0.3) is 0 Å². The zero-order chi connectivity index (χ0) is 23.8. The summed E-state index contributed by atoms with van der Waals surface area (Å²) in [6.07, 6.45) is -1.18. The molecule has 1 aromatic carbocycles. The first-order valence-corrected chi connectivity index (χ1v) is 12.6. The monoisotopic (exact) mass is 485 g/mol. The maximum atomic E-state index is 14.0. The molecule has 1 unspecified atom stereocenters. The Morgan fingerprint density at radius 1 is 1.06 bits per heavy atom. The number of benzene rings is 1. The van der Waals surface area contributed by atoms with Crippen LogP contribution in [0, 0.1) is 0 Å². The fourth-order valence-electron chi connectivity index (χ4n) is 4.75. The summed E-state index contributed by atoms with van der Waals surface area (Å²) in [6, 6.07) is 5.01. The van der Waals surface area contributed by atoms with E-state index >= 15 is 0 Å². The summed E-state index contributed by atoms with van der Waals surface area (Å²) in [4.78, 5) is 13.4. The van der Waals surface area contributed by atoms with Crippen molar-refractivity contribution in [3.05, 3.63) is 57.7 Å². The molecule has 0 amide bonds. The second kappa shape index (κ2) is 9.28. The number of carbonyl (C=O) groups is 1. The quantitative estimate of drug-likeness (QED) is 0.416. The lowest BCUT2D eigenvalue weighted by atomic mass is 9.83. The number of dihydropyridines is 1. The van der Waals surface area contributed by atoms with Gasteiger partial charge in [-0.1, -0.05) is 18.2 Å². The van der Waals surface area contributed by atoms with Gasteiger partial charge in [-0.05, 0) is 57.6 Å². The molecule has 2 aliphatic heterocycles. The van der Waals surface area contributed by atoms with Crippen molar-refractivity contribution in [3.8, 4) is 0 Å². The lowest BCUT2D eigenvalue weighted by Crippen LogP contribution is -2.32. The van der Waals surface area contributed by atoms with Crippen molar-refractivity contribution >= 4 is 13.6 Å². The molecule has 1 aromatic rings. The van der Waals surface area contributed by atoms with Crippen molar-refractivity contribution in [1.29, 1.82) is 0 Å². The molecule has 0 spiro atoms. The van der Waals surface area contributed by atoms with Crippen LogP contribution in [0.1, 0.15) is 63.0 Å². The minimum Gasteiger partial charge on any atom is -0.459 e. The topological polar surface area (TPSA) is 73.9 Å². The smallest absolute Gasteiger partial charge is 0.416 e. The van der Waals surface area contributed by atoms with Gasteiger partial charge in [-0.2, -0.15) is 13.2 Å². The molecule has 3 aliphatic rings. The summed E-state index contributed by atoms with van der Waals surface area (Å²) in [5.41, 5.74) is -0.412. The summed E-state index contributed by atoms with van der Waals surface area (Å²) < 4.78 is 72.6. The van der Waals surface area contributed by atoms with Gasteiger partial charge in [0.2, 0.25) is 0 Å². The van der Waals surface area contributed by atoms with Crippen LogP contribution in [0.25, 0.3) is 0 Å². The van der Waals surface area contributed by atoms with Crippen molar-refractivity contribution in [2.75, 3.05) is 13.2 Å². The van der Waals surface area contributed by atoms with E-state index in [2.05, 4.69) is 5.32 Å². The van der Waals surface area contributed by atoms with Crippen molar-refractivity contribution < 1.29 is 36.3 Å². The molecular formula is C23H27F3NO5P. The van der Waals surface area contributed by atoms with Crippen molar-refractivity contribution in [1.82, 2.24) is 5.32 Å². The molecule has 1 atom stereocenters. The fourth-order valence-corrected chi connectivity index (χ4v) is 6.90. The number of esters is 1. The molecule has 1 N–H and O–H groups in total. The Balaban J connectivity index is 1.88. The predicted octanol–water partition coefficient (Wildman–Crippen LogP) is 6.01. The third-order valence-corrected chi connectivity index (χ3v) is 8.43. The molecule has 0 bridgehead atoms. The SMILES string of the molecule is CC1=C(C(=O)OC2CCCC2)C(c2ccccc2C(F)(F)F)C(P2(=O)OCCCO2)=C(C)N1. The Labute approximate surface area is 190 Å². The third-order valence-electron chi connectivity index (χ3n) is 6.20. The highest BCUT2D eigenvalue weighted by atomic mass is 31.2. The van der Waals surface area contributed by atoms with Gasteiger partial charge < -0.3 is 19.1 Å². The molecule has 0 aromatic heterocycles. The van der Waals surface area contributed by atoms with Gasteiger partial charge in [-0.25, -0.2) is 4.79 Å². The van der Waals surface area contributed by atoms with Crippen LogP contribution >= 0.6 is 7.60 Å². The summed E-state index contributed by atoms with van der Waals surface area (Å²) in [6.45, 7) is 3.49. The molecule has 6 nitrogen and oxygen atoms in total. The number of alkyl halides is 3. The molecule has 10 heteroatoms. The van der Waals surface area contributed by atoms with E-state index in [1.54, 1.807) is 13.8 Å². The standard InChI is InChI=1S/C23H27F3NO5P/c1-14-19(22(28)32-16-8-3-4-9-16)20(17-10-5-6-11-18(17)23(24,25)26)21(15(2)27-14)33(29)30-12-7-13-31-33/h5-6,10-11,16,20,27H,3-4,7-9,12-13H2,1-2H3. The zero-order valence-corrected chi connectivity index (χ0v) is 19.4. The van der Waals surface area contributed by atoms with Gasteiger partial charge in [-0.3, -0.25) is 4.57 Å². The number of ether oxygens (including phenoxy) is 1. The van der Waals surface area contributed by atoms with Gasteiger partial charge >= 0.3 is 19.7 Å². The molecule has 1 saturated carbocycles. The van der Waals surface area contributed by atoms with E-state index in [1.165, 1.54) is 18.2 Å². The summed E-state index contributed by atoms with van der Waals surface area (Å²) in [5, 5.41) is 3.03. The molecule has 2 heterocycles. The molecule has 1 saturated heterocycles. The number of hydrogen-bond donors (Lipinski definition) is 1. The number of nitrogens with one attached hydrogen (secondary N) is 1. The lowest BCUT2D eigenvalue weighted by molar-refractivity contribution is -0.145.